The van der Waals surface area contributed by atoms with Crippen LogP contribution in [-0.4, -0.2) is 32.8 Å². The van der Waals surface area contributed by atoms with Crippen molar-refractivity contribution in [3.05, 3.63) is 52.8 Å². The van der Waals surface area contributed by atoms with Gasteiger partial charge in [-0.15, -0.1) is 0 Å². The van der Waals surface area contributed by atoms with E-state index in [1.54, 1.807) is 13.0 Å². The average Bonchev–Trinajstić information content (AvgIpc) is 2.61. The number of rotatable bonds is 7. The van der Waals surface area contributed by atoms with E-state index in [2.05, 4.69) is 10.4 Å². The number of hydrogen-bond acceptors (Lipinski definition) is 4. The highest BCUT2D eigenvalue weighted by atomic mass is 16.4. The fourth-order valence-electron chi connectivity index (χ4n) is 2.36. The average molecular weight is 343 g/mol. The smallest absolute Gasteiger partial charge is 0.326 e. The zero-order valence-electron chi connectivity index (χ0n) is 14.2. The molecule has 0 saturated heterocycles. The van der Waals surface area contributed by atoms with Crippen LogP contribution in [0, 0.1) is 5.92 Å². The zero-order valence-corrected chi connectivity index (χ0v) is 14.2. The summed E-state index contributed by atoms with van der Waals surface area (Å²) in [6.45, 7) is 3.27. The lowest BCUT2D eigenvalue weighted by Gasteiger charge is -2.20. The molecule has 25 heavy (non-hydrogen) atoms. The van der Waals surface area contributed by atoms with Crippen molar-refractivity contribution in [2.24, 2.45) is 5.92 Å². The molecule has 0 saturated carbocycles. The van der Waals surface area contributed by atoms with E-state index in [9.17, 15) is 19.5 Å². The summed E-state index contributed by atoms with van der Waals surface area (Å²) >= 11 is 0. The van der Waals surface area contributed by atoms with E-state index in [0.717, 1.165) is 10.2 Å². The Hall–Kier alpha value is -2.96. The van der Waals surface area contributed by atoms with Gasteiger partial charge < -0.3 is 10.4 Å². The van der Waals surface area contributed by atoms with Crippen LogP contribution in [0.1, 0.15) is 20.3 Å². The van der Waals surface area contributed by atoms with E-state index in [4.69, 9.17) is 0 Å². The van der Waals surface area contributed by atoms with Crippen LogP contribution < -0.4 is 10.9 Å². The second-order valence-corrected chi connectivity index (χ2v) is 5.85. The predicted octanol–water partition coefficient (Wildman–Crippen LogP) is 1.53. The summed E-state index contributed by atoms with van der Waals surface area (Å²) in [6.07, 6.45) is 0.610. The van der Waals surface area contributed by atoms with Gasteiger partial charge in [0.05, 0.1) is 5.69 Å². The maximum Gasteiger partial charge on any atom is 0.326 e. The van der Waals surface area contributed by atoms with Gasteiger partial charge in [-0.3, -0.25) is 9.59 Å². The first-order valence-corrected chi connectivity index (χ1v) is 8.08. The number of benzene rings is 1. The highest BCUT2D eigenvalue weighted by molar-refractivity contribution is 5.83. The number of hydrogen-bond donors (Lipinski definition) is 2. The normalized spacial score (nSPS) is 13.0. The summed E-state index contributed by atoms with van der Waals surface area (Å²) in [5.41, 5.74) is 0.953. The number of aliphatic carboxylic acids is 1. The van der Waals surface area contributed by atoms with Crippen molar-refractivity contribution in [2.75, 3.05) is 0 Å². The summed E-state index contributed by atoms with van der Waals surface area (Å²) < 4.78 is 1.03. The lowest BCUT2D eigenvalue weighted by molar-refractivity contribution is -0.143. The van der Waals surface area contributed by atoms with E-state index in [1.165, 1.54) is 6.07 Å². The fourth-order valence-corrected chi connectivity index (χ4v) is 2.36. The Morgan fingerprint density at radius 1 is 1.20 bits per heavy atom. The molecule has 1 heterocycles. The summed E-state index contributed by atoms with van der Waals surface area (Å²) in [5.74, 6) is -1.88. The monoisotopic (exact) mass is 343 g/mol. The molecule has 7 heteroatoms. The summed E-state index contributed by atoms with van der Waals surface area (Å²) in [4.78, 5) is 35.4. The number of nitrogens with zero attached hydrogens (tertiary/aromatic N) is 2. The van der Waals surface area contributed by atoms with Gasteiger partial charge in [0, 0.05) is 11.6 Å². The van der Waals surface area contributed by atoms with Crippen LogP contribution in [0.3, 0.4) is 0 Å². The molecule has 2 N–H and O–H groups in total. The van der Waals surface area contributed by atoms with Gasteiger partial charge in [0.2, 0.25) is 5.91 Å². The minimum Gasteiger partial charge on any atom is -0.480 e. The van der Waals surface area contributed by atoms with Gasteiger partial charge in [-0.25, -0.2) is 9.48 Å². The molecule has 132 valence electrons. The van der Waals surface area contributed by atoms with Crippen LogP contribution in [0.5, 0.6) is 0 Å². The molecular weight excluding hydrogens is 322 g/mol. The lowest BCUT2D eigenvalue weighted by atomic mass is 9.99. The van der Waals surface area contributed by atoms with Crippen molar-refractivity contribution in [3.8, 4) is 11.3 Å². The maximum absolute atomic E-state index is 12.2. The molecule has 0 spiro atoms. The van der Waals surface area contributed by atoms with Gasteiger partial charge in [0.1, 0.15) is 12.6 Å². The molecule has 0 aliphatic rings. The minimum atomic E-state index is -1.10. The van der Waals surface area contributed by atoms with Crippen LogP contribution in [0.4, 0.5) is 0 Å². The second kappa shape index (κ2) is 8.23. The van der Waals surface area contributed by atoms with Crippen molar-refractivity contribution in [1.82, 2.24) is 15.1 Å². The van der Waals surface area contributed by atoms with Crippen LogP contribution in [0.2, 0.25) is 0 Å². The third-order valence-electron chi connectivity index (χ3n) is 4.03. The Labute approximate surface area is 145 Å². The summed E-state index contributed by atoms with van der Waals surface area (Å²) in [7, 11) is 0. The van der Waals surface area contributed by atoms with Crippen molar-refractivity contribution in [1.29, 1.82) is 0 Å². The standard InChI is InChI=1S/C18H21N3O4/c1-3-12(2)17(18(24)25)19-15(22)11-21-16(23)10-9-14(20-21)13-7-5-4-6-8-13/h4-10,12,17H,3,11H2,1-2H3,(H,19,22)(H,24,25)/t12-,17+/m1/s1. The van der Waals surface area contributed by atoms with Crippen LogP contribution in [0.25, 0.3) is 11.3 Å². The van der Waals surface area contributed by atoms with Gasteiger partial charge in [-0.05, 0) is 12.0 Å². The molecule has 0 unspecified atom stereocenters. The predicted molar refractivity (Wildman–Crippen MR) is 93.0 cm³/mol. The molecule has 2 rings (SSSR count). The Bertz CT molecular complexity index is 801. The first kappa shape index (κ1) is 18.4. The lowest BCUT2D eigenvalue weighted by Crippen LogP contribution is -2.47. The largest absolute Gasteiger partial charge is 0.480 e. The quantitative estimate of drug-likeness (QED) is 0.794. The molecule has 0 fully saturated rings. The van der Waals surface area contributed by atoms with E-state index in [-0.39, 0.29) is 12.5 Å². The van der Waals surface area contributed by atoms with Gasteiger partial charge in [0.25, 0.3) is 5.56 Å². The zero-order chi connectivity index (χ0) is 18.4. The Morgan fingerprint density at radius 3 is 2.48 bits per heavy atom. The fraction of sp³-hybridized carbons (Fsp3) is 0.333. The van der Waals surface area contributed by atoms with Crippen LogP contribution >= 0.6 is 0 Å². The van der Waals surface area contributed by atoms with E-state index in [1.807, 2.05) is 37.3 Å². The number of carboxylic acid groups (broad SMARTS) is 1. The van der Waals surface area contributed by atoms with Crippen LogP contribution in [-0.2, 0) is 16.1 Å². The third-order valence-corrected chi connectivity index (χ3v) is 4.03. The first-order chi connectivity index (χ1) is 11.9. The van der Waals surface area contributed by atoms with Crippen molar-refractivity contribution in [3.63, 3.8) is 0 Å². The highest BCUT2D eigenvalue weighted by Gasteiger charge is 2.25. The molecule has 1 amide bonds. The SMILES string of the molecule is CC[C@@H](C)[C@H](NC(=O)Cn1nc(-c2ccccc2)ccc1=O)C(=O)O. The van der Waals surface area contributed by atoms with Crippen molar-refractivity contribution >= 4 is 11.9 Å². The molecule has 2 atom stereocenters. The van der Waals surface area contributed by atoms with E-state index in [0.29, 0.717) is 12.1 Å². The molecule has 0 radical (unpaired) electrons. The van der Waals surface area contributed by atoms with Crippen molar-refractivity contribution < 1.29 is 14.7 Å². The Balaban J connectivity index is 2.18. The Morgan fingerprint density at radius 2 is 1.88 bits per heavy atom. The Kier molecular flexibility index (Phi) is 6.05. The summed E-state index contributed by atoms with van der Waals surface area (Å²) in [6, 6.07) is 11.2. The number of amides is 1. The number of carboxylic acids is 1. The number of carbonyl (C=O) groups is 2. The topological polar surface area (TPSA) is 101 Å². The molecule has 0 aliphatic carbocycles. The number of aromatic nitrogens is 2. The van der Waals surface area contributed by atoms with Crippen molar-refractivity contribution in [2.45, 2.75) is 32.9 Å². The third kappa shape index (κ3) is 4.76. The molecule has 0 aliphatic heterocycles. The number of nitrogens with one attached hydrogen (secondary N) is 1. The van der Waals surface area contributed by atoms with Gasteiger partial charge in [-0.1, -0.05) is 50.6 Å². The second-order valence-electron chi connectivity index (χ2n) is 5.85. The first-order valence-electron chi connectivity index (χ1n) is 8.08. The van der Waals surface area contributed by atoms with E-state index < -0.39 is 23.5 Å². The number of carbonyl (C=O) groups excluding carboxylic acids is 1. The molecular formula is C18H21N3O4. The molecule has 1 aromatic heterocycles. The molecule has 2 aromatic rings. The minimum absolute atomic E-state index is 0.221. The molecule has 0 bridgehead atoms. The maximum atomic E-state index is 12.2. The van der Waals surface area contributed by atoms with Gasteiger partial charge in [0.15, 0.2) is 0 Å². The van der Waals surface area contributed by atoms with Crippen LogP contribution in [0.15, 0.2) is 47.3 Å². The molecule has 7 nitrogen and oxygen atoms in total. The van der Waals surface area contributed by atoms with Gasteiger partial charge >= 0.3 is 5.97 Å². The highest BCUT2D eigenvalue weighted by Crippen LogP contribution is 2.14. The van der Waals surface area contributed by atoms with E-state index >= 15 is 0 Å². The molecule has 1 aromatic carbocycles. The van der Waals surface area contributed by atoms with Gasteiger partial charge in [-0.2, -0.15) is 5.10 Å². The summed E-state index contributed by atoms with van der Waals surface area (Å²) in [5, 5.41) is 15.9.